The van der Waals surface area contributed by atoms with Gasteiger partial charge in [0.25, 0.3) is 5.95 Å². The number of hydrogen-bond donors (Lipinski definition) is 0. The Morgan fingerprint density at radius 1 is 1.73 bits per heavy atom. The van der Waals surface area contributed by atoms with Gasteiger partial charge >= 0.3 is 5.69 Å². The average molecular weight is 156 g/mol. The molecule has 5 heteroatoms. The Labute approximate surface area is 61.8 Å². The fraction of sp³-hybridized carbons (Fsp3) is 0.167. The fourth-order valence-corrected chi connectivity index (χ4v) is 0.665. The van der Waals surface area contributed by atoms with Gasteiger partial charge in [0.15, 0.2) is 0 Å². The molecule has 0 bridgehead atoms. The number of nitro groups is 1. The van der Waals surface area contributed by atoms with Crippen molar-refractivity contribution in [3.05, 3.63) is 33.9 Å². The van der Waals surface area contributed by atoms with Gasteiger partial charge in [-0.05, 0) is 12.5 Å². The molecule has 1 heterocycles. The van der Waals surface area contributed by atoms with Crippen molar-refractivity contribution in [3.63, 3.8) is 0 Å². The Morgan fingerprint density at radius 2 is 2.36 bits per heavy atom. The van der Waals surface area contributed by atoms with Crippen LogP contribution in [0.15, 0.2) is 12.3 Å². The molecule has 0 aliphatic rings. The molecule has 1 aromatic heterocycles. The second-order valence-corrected chi connectivity index (χ2v) is 2.08. The number of aryl methyl sites for hydroxylation is 1. The molecule has 0 N–H and O–H groups in total. The van der Waals surface area contributed by atoms with Crippen molar-refractivity contribution >= 4 is 5.69 Å². The number of aromatic nitrogens is 1. The van der Waals surface area contributed by atoms with Crippen molar-refractivity contribution in [2.45, 2.75) is 6.92 Å². The zero-order valence-corrected chi connectivity index (χ0v) is 5.74. The Morgan fingerprint density at radius 3 is 2.82 bits per heavy atom. The molecule has 0 saturated heterocycles. The summed E-state index contributed by atoms with van der Waals surface area (Å²) < 4.78 is 12.5. The van der Waals surface area contributed by atoms with Gasteiger partial charge in [-0.25, -0.2) is 4.98 Å². The third kappa shape index (κ3) is 1.49. The van der Waals surface area contributed by atoms with E-state index in [2.05, 4.69) is 4.98 Å². The number of rotatable bonds is 1. The first-order valence-corrected chi connectivity index (χ1v) is 2.88. The second kappa shape index (κ2) is 2.61. The Kier molecular flexibility index (Phi) is 1.80. The molecule has 0 aliphatic heterocycles. The molecule has 58 valence electrons. The normalized spacial score (nSPS) is 9.64. The van der Waals surface area contributed by atoms with E-state index < -0.39 is 16.6 Å². The highest BCUT2D eigenvalue weighted by atomic mass is 19.1. The standard InChI is InChI=1S/C6H5FN2O2/c1-4-2-5(9(10)11)6(7)8-3-4/h2-3H,1H3. The van der Waals surface area contributed by atoms with Crippen LogP contribution in [0.3, 0.4) is 0 Å². The predicted octanol–water partition coefficient (Wildman–Crippen LogP) is 1.44. The van der Waals surface area contributed by atoms with Crippen LogP contribution in [0.25, 0.3) is 0 Å². The van der Waals surface area contributed by atoms with Crippen molar-refractivity contribution in [1.29, 1.82) is 0 Å². The molecule has 1 rings (SSSR count). The summed E-state index contributed by atoms with van der Waals surface area (Å²) >= 11 is 0. The molecular weight excluding hydrogens is 151 g/mol. The number of halogens is 1. The van der Waals surface area contributed by atoms with Gasteiger partial charge < -0.3 is 0 Å². The molecule has 0 aliphatic carbocycles. The molecule has 0 unspecified atom stereocenters. The molecule has 0 fully saturated rings. The van der Waals surface area contributed by atoms with Gasteiger partial charge in [0.05, 0.1) is 4.92 Å². The Hall–Kier alpha value is -1.52. The van der Waals surface area contributed by atoms with E-state index in [1.807, 2.05) is 0 Å². The lowest BCUT2D eigenvalue weighted by Crippen LogP contribution is -1.95. The molecule has 0 saturated carbocycles. The maximum Gasteiger partial charge on any atom is 0.324 e. The van der Waals surface area contributed by atoms with E-state index in [9.17, 15) is 14.5 Å². The first-order valence-electron chi connectivity index (χ1n) is 2.88. The maximum atomic E-state index is 12.5. The molecule has 0 atom stereocenters. The lowest BCUT2D eigenvalue weighted by molar-refractivity contribution is -0.388. The third-order valence-electron chi connectivity index (χ3n) is 1.15. The zero-order valence-electron chi connectivity index (χ0n) is 5.74. The van der Waals surface area contributed by atoms with Crippen LogP contribution >= 0.6 is 0 Å². The van der Waals surface area contributed by atoms with E-state index >= 15 is 0 Å². The van der Waals surface area contributed by atoms with Crippen LogP contribution in [0.4, 0.5) is 10.1 Å². The van der Waals surface area contributed by atoms with Crippen LogP contribution in [0.5, 0.6) is 0 Å². The predicted molar refractivity (Wildman–Crippen MR) is 35.6 cm³/mol. The highest BCUT2D eigenvalue weighted by Crippen LogP contribution is 2.14. The quantitative estimate of drug-likeness (QED) is 0.351. The van der Waals surface area contributed by atoms with Crippen LogP contribution < -0.4 is 0 Å². The third-order valence-corrected chi connectivity index (χ3v) is 1.15. The van der Waals surface area contributed by atoms with E-state index in [1.165, 1.54) is 6.20 Å². The SMILES string of the molecule is Cc1cnc(F)c([N+](=O)[O-])c1. The average Bonchev–Trinajstić information content (AvgIpc) is 1.94. The first-order chi connectivity index (χ1) is 5.11. The van der Waals surface area contributed by atoms with E-state index in [0.29, 0.717) is 5.56 Å². The molecule has 0 spiro atoms. The van der Waals surface area contributed by atoms with Gasteiger partial charge in [-0.3, -0.25) is 10.1 Å². The van der Waals surface area contributed by atoms with Crippen LogP contribution in [-0.4, -0.2) is 9.91 Å². The molecule has 0 radical (unpaired) electrons. The van der Waals surface area contributed by atoms with Crippen LogP contribution in [0.1, 0.15) is 5.56 Å². The van der Waals surface area contributed by atoms with Gasteiger partial charge in [-0.15, -0.1) is 0 Å². The Balaban J connectivity index is 3.23. The van der Waals surface area contributed by atoms with Gasteiger partial charge in [0, 0.05) is 12.3 Å². The van der Waals surface area contributed by atoms with Crippen molar-refractivity contribution in [2.24, 2.45) is 0 Å². The monoisotopic (exact) mass is 156 g/mol. The molecular formula is C6H5FN2O2. The number of nitrogens with zero attached hydrogens (tertiary/aromatic N) is 2. The topological polar surface area (TPSA) is 56.0 Å². The van der Waals surface area contributed by atoms with Crippen molar-refractivity contribution < 1.29 is 9.31 Å². The summed E-state index contributed by atoms with van der Waals surface area (Å²) in [5.74, 6) is -1.04. The van der Waals surface area contributed by atoms with Gasteiger partial charge in [0.1, 0.15) is 0 Å². The van der Waals surface area contributed by atoms with E-state index in [1.54, 1.807) is 6.92 Å². The highest BCUT2D eigenvalue weighted by Gasteiger charge is 2.13. The second-order valence-electron chi connectivity index (χ2n) is 2.08. The lowest BCUT2D eigenvalue weighted by atomic mass is 10.3. The van der Waals surface area contributed by atoms with Crippen LogP contribution in [0, 0.1) is 23.0 Å². The zero-order chi connectivity index (χ0) is 8.43. The Bertz CT molecular complexity index is 301. The number of hydrogen-bond acceptors (Lipinski definition) is 3. The van der Waals surface area contributed by atoms with E-state index in [-0.39, 0.29) is 0 Å². The molecule has 0 aromatic carbocycles. The molecule has 1 aromatic rings. The largest absolute Gasteiger partial charge is 0.324 e. The van der Waals surface area contributed by atoms with E-state index in [0.717, 1.165) is 6.07 Å². The number of pyridine rings is 1. The summed E-state index contributed by atoms with van der Waals surface area (Å²) in [6.07, 6.45) is 1.24. The summed E-state index contributed by atoms with van der Waals surface area (Å²) in [4.78, 5) is 12.5. The van der Waals surface area contributed by atoms with Crippen molar-refractivity contribution in [3.8, 4) is 0 Å². The summed E-state index contributed by atoms with van der Waals surface area (Å²) in [5.41, 5.74) is -0.0110. The van der Waals surface area contributed by atoms with Gasteiger partial charge in [-0.2, -0.15) is 4.39 Å². The summed E-state index contributed by atoms with van der Waals surface area (Å²) in [5, 5.41) is 10.1. The minimum Gasteiger partial charge on any atom is -0.258 e. The van der Waals surface area contributed by atoms with Crippen LogP contribution in [0.2, 0.25) is 0 Å². The van der Waals surface area contributed by atoms with Gasteiger partial charge in [-0.1, -0.05) is 0 Å². The van der Waals surface area contributed by atoms with Crippen LogP contribution in [-0.2, 0) is 0 Å². The molecule has 4 nitrogen and oxygen atoms in total. The highest BCUT2D eigenvalue weighted by molar-refractivity contribution is 5.30. The maximum absolute atomic E-state index is 12.5. The summed E-state index contributed by atoms with van der Waals surface area (Å²) in [7, 11) is 0. The van der Waals surface area contributed by atoms with Crippen molar-refractivity contribution in [2.75, 3.05) is 0 Å². The summed E-state index contributed by atoms with van der Waals surface area (Å²) in [6.45, 7) is 1.61. The van der Waals surface area contributed by atoms with E-state index in [4.69, 9.17) is 0 Å². The minimum atomic E-state index is -1.04. The molecule has 11 heavy (non-hydrogen) atoms. The minimum absolute atomic E-state index is 0.568. The molecule has 0 amide bonds. The van der Waals surface area contributed by atoms with Crippen molar-refractivity contribution in [1.82, 2.24) is 4.98 Å². The fourth-order valence-electron chi connectivity index (χ4n) is 0.665. The lowest BCUT2D eigenvalue weighted by Gasteiger charge is -1.92. The van der Waals surface area contributed by atoms with Gasteiger partial charge in [0.2, 0.25) is 0 Å². The smallest absolute Gasteiger partial charge is 0.258 e. The summed E-state index contributed by atoms with van der Waals surface area (Å²) in [6, 6.07) is 1.14. The first kappa shape index (κ1) is 7.59.